The van der Waals surface area contributed by atoms with Crippen LogP contribution in [-0.2, 0) is 4.79 Å². The van der Waals surface area contributed by atoms with Gasteiger partial charge < -0.3 is 0 Å². The molecule has 0 spiro atoms. The Kier molecular flexibility index (Phi) is 6.02. The molecule has 1 heteroatoms. The van der Waals surface area contributed by atoms with Crippen LogP contribution < -0.4 is 0 Å². The quantitative estimate of drug-likeness (QED) is 0.458. The van der Waals surface area contributed by atoms with Gasteiger partial charge in [-0.2, -0.15) is 0 Å². The van der Waals surface area contributed by atoms with Crippen molar-refractivity contribution in [2.75, 3.05) is 0 Å². The van der Waals surface area contributed by atoms with E-state index in [1.54, 1.807) is 0 Å². The van der Waals surface area contributed by atoms with E-state index in [1.165, 1.54) is 57.8 Å². The van der Waals surface area contributed by atoms with Crippen molar-refractivity contribution in [3.63, 3.8) is 0 Å². The standard InChI is InChI=1S/C28H48O/c1-18(2)19(3)7-8-20(4)24-11-12-25-23-10-9-21-17-22(29)13-15-27(21,5)26(23)14-16-28(24,25)6/h18-21,23-26H,7-17H2,1-6H3/t19-,20+,21+,23-,24-,25+,26-,27+,28+/m0/s1. The summed E-state index contributed by atoms with van der Waals surface area (Å²) in [5.74, 6) is 7.60. The van der Waals surface area contributed by atoms with E-state index in [0.717, 1.165) is 54.3 Å². The van der Waals surface area contributed by atoms with E-state index in [-0.39, 0.29) is 0 Å². The van der Waals surface area contributed by atoms with E-state index < -0.39 is 0 Å². The molecule has 4 rings (SSSR count). The highest BCUT2D eigenvalue weighted by atomic mass is 16.1. The zero-order valence-electron chi connectivity index (χ0n) is 20.3. The third-order valence-corrected chi connectivity index (χ3v) is 11.5. The maximum absolute atomic E-state index is 12.1. The molecule has 0 bridgehead atoms. The average Bonchev–Trinajstić information content (AvgIpc) is 3.03. The predicted octanol–water partition coefficient (Wildman–Crippen LogP) is 7.92. The first kappa shape index (κ1) is 21.9. The van der Waals surface area contributed by atoms with Gasteiger partial charge in [0.05, 0.1) is 0 Å². The van der Waals surface area contributed by atoms with Crippen molar-refractivity contribution in [1.29, 1.82) is 0 Å². The fraction of sp³-hybridized carbons (Fsp3) is 0.964. The van der Waals surface area contributed by atoms with Crippen LogP contribution in [0.3, 0.4) is 0 Å². The summed E-state index contributed by atoms with van der Waals surface area (Å²) >= 11 is 0. The summed E-state index contributed by atoms with van der Waals surface area (Å²) in [5, 5.41) is 0. The van der Waals surface area contributed by atoms with Crippen LogP contribution in [0, 0.1) is 58.2 Å². The average molecular weight is 401 g/mol. The van der Waals surface area contributed by atoms with Crippen molar-refractivity contribution in [2.24, 2.45) is 58.2 Å². The van der Waals surface area contributed by atoms with Crippen LogP contribution in [-0.4, -0.2) is 5.78 Å². The zero-order chi connectivity index (χ0) is 21.0. The number of hydrogen-bond donors (Lipinski definition) is 0. The van der Waals surface area contributed by atoms with E-state index in [9.17, 15) is 4.79 Å². The summed E-state index contributed by atoms with van der Waals surface area (Å²) in [6.45, 7) is 15.1. The predicted molar refractivity (Wildman–Crippen MR) is 123 cm³/mol. The van der Waals surface area contributed by atoms with Gasteiger partial charge >= 0.3 is 0 Å². The molecule has 4 aliphatic rings. The molecule has 0 heterocycles. The van der Waals surface area contributed by atoms with Gasteiger partial charge in [0.25, 0.3) is 0 Å². The molecule has 4 saturated carbocycles. The molecule has 29 heavy (non-hydrogen) atoms. The van der Waals surface area contributed by atoms with Gasteiger partial charge in [-0.05, 0) is 103 Å². The van der Waals surface area contributed by atoms with Gasteiger partial charge in [-0.3, -0.25) is 4.79 Å². The van der Waals surface area contributed by atoms with Gasteiger partial charge in [-0.15, -0.1) is 0 Å². The lowest BCUT2D eigenvalue weighted by Gasteiger charge is -2.60. The molecule has 0 N–H and O–H groups in total. The molecule has 9 atom stereocenters. The Balaban J connectivity index is 1.46. The minimum atomic E-state index is 0.467. The molecular formula is C28H48O. The SMILES string of the molecule is CC(C)[C@@H](C)CC[C@@H](C)[C@@H]1CC[C@@H]2[C@@H]3CC[C@@H]4CC(=O)CC[C@@]4(C)[C@H]3CC[C@@]21C. The van der Waals surface area contributed by atoms with E-state index in [4.69, 9.17) is 0 Å². The molecule has 0 radical (unpaired) electrons. The minimum absolute atomic E-state index is 0.467. The fourth-order valence-electron chi connectivity index (χ4n) is 9.08. The molecule has 4 aliphatic carbocycles. The number of rotatable bonds is 5. The molecule has 4 fully saturated rings. The highest BCUT2D eigenvalue weighted by Gasteiger charge is 2.60. The highest BCUT2D eigenvalue weighted by molar-refractivity contribution is 5.79. The van der Waals surface area contributed by atoms with Crippen molar-refractivity contribution < 1.29 is 4.79 Å². The van der Waals surface area contributed by atoms with Gasteiger partial charge in [0, 0.05) is 12.8 Å². The molecule has 0 amide bonds. The van der Waals surface area contributed by atoms with E-state index >= 15 is 0 Å². The Morgan fingerprint density at radius 2 is 1.59 bits per heavy atom. The van der Waals surface area contributed by atoms with E-state index in [0.29, 0.717) is 22.5 Å². The number of fused-ring (bicyclic) bond motifs is 5. The summed E-state index contributed by atoms with van der Waals surface area (Å²) in [4.78, 5) is 12.1. The van der Waals surface area contributed by atoms with E-state index in [1.807, 2.05) is 0 Å². The van der Waals surface area contributed by atoms with Crippen LogP contribution in [0.4, 0.5) is 0 Å². The Morgan fingerprint density at radius 1 is 0.862 bits per heavy atom. The number of Topliss-reactive ketones (excluding diaryl/α,β-unsaturated/α-hetero) is 1. The second-order valence-electron chi connectivity index (χ2n) is 12.9. The second-order valence-corrected chi connectivity index (χ2v) is 12.9. The summed E-state index contributed by atoms with van der Waals surface area (Å²) in [7, 11) is 0. The topological polar surface area (TPSA) is 17.1 Å². The first-order chi connectivity index (χ1) is 13.7. The molecule has 0 aliphatic heterocycles. The van der Waals surface area contributed by atoms with Gasteiger partial charge in [-0.1, -0.05) is 54.4 Å². The van der Waals surface area contributed by atoms with Crippen LogP contribution in [0.5, 0.6) is 0 Å². The first-order valence-corrected chi connectivity index (χ1v) is 13.2. The highest BCUT2D eigenvalue weighted by Crippen LogP contribution is 2.68. The molecule has 1 nitrogen and oxygen atoms in total. The van der Waals surface area contributed by atoms with Gasteiger partial charge in [0.2, 0.25) is 0 Å². The first-order valence-electron chi connectivity index (χ1n) is 13.2. The molecule has 166 valence electrons. The molecule has 0 unspecified atom stereocenters. The number of carbonyl (C=O) groups excluding carboxylic acids is 1. The molecule has 0 aromatic carbocycles. The number of carbonyl (C=O) groups is 1. The third-order valence-electron chi connectivity index (χ3n) is 11.5. The zero-order valence-corrected chi connectivity index (χ0v) is 20.3. The van der Waals surface area contributed by atoms with Crippen molar-refractivity contribution in [3.05, 3.63) is 0 Å². The van der Waals surface area contributed by atoms with Gasteiger partial charge in [-0.25, -0.2) is 0 Å². The van der Waals surface area contributed by atoms with Crippen molar-refractivity contribution >= 4 is 5.78 Å². The normalized spacial score (nSPS) is 46.7. The van der Waals surface area contributed by atoms with Crippen LogP contribution >= 0.6 is 0 Å². The van der Waals surface area contributed by atoms with Crippen LogP contribution in [0.1, 0.15) is 112 Å². The van der Waals surface area contributed by atoms with Crippen molar-refractivity contribution in [1.82, 2.24) is 0 Å². The molecular weight excluding hydrogens is 352 g/mol. The lowest BCUT2D eigenvalue weighted by atomic mass is 9.44. The van der Waals surface area contributed by atoms with Crippen molar-refractivity contribution in [2.45, 2.75) is 112 Å². The third kappa shape index (κ3) is 3.65. The number of hydrogen-bond acceptors (Lipinski definition) is 1. The molecule has 0 aromatic heterocycles. The monoisotopic (exact) mass is 400 g/mol. The second kappa shape index (κ2) is 7.98. The Bertz CT molecular complexity index is 607. The lowest BCUT2D eigenvalue weighted by Crippen LogP contribution is -2.53. The summed E-state index contributed by atoms with van der Waals surface area (Å²) < 4.78 is 0. The Labute approximate surface area is 181 Å². The van der Waals surface area contributed by atoms with Gasteiger partial charge in [0.1, 0.15) is 5.78 Å². The Morgan fingerprint density at radius 3 is 2.31 bits per heavy atom. The van der Waals surface area contributed by atoms with Crippen LogP contribution in [0.2, 0.25) is 0 Å². The molecule has 0 saturated heterocycles. The van der Waals surface area contributed by atoms with Crippen molar-refractivity contribution in [3.8, 4) is 0 Å². The maximum atomic E-state index is 12.1. The van der Waals surface area contributed by atoms with Crippen LogP contribution in [0.15, 0.2) is 0 Å². The number of ketones is 1. The summed E-state index contributed by atoms with van der Waals surface area (Å²) in [6, 6.07) is 0. The smallest absolute Gasteiger partial charge is 0.133 e. The Hall–Kier alpha value is -0.330. The summed E-state index contributed by atoms with van der Waals surface area (Å²) in [6.07, 6.45) is 14.4. The molecule has 0 aromatic rings. The van der Waals surface area contributed by atoms with E-state index in [2.05, 4.69) is 41.5 Å². The lowest BCUT2D eigenvalue weighted by molar-refractivity contribution is -0.140. The minimum Gasteiger partial charge on any atom is -0.300 e. The summed E-state index contributed by atoms with van der Waals surface area (Å²) in [5.41, 5.74) is 1.06. The van der Waals surface area contributed by atoms with Crippen LogP contribution in [0.25, 0.3) is 0 Å². The fourth-order valence-corrected chi connectivity index (χ4v) is 9.08. The largest absolute Gasteiger partial charge is 0.300 e. The van der Waals surface area contributed by atoms with Gasteiger partial charge in [0.15, 0.2) is 0 Å². The maximum Gasteiger partial charge on any atom is 0.133 e.